The van der Waals surface area contributed by atoms with E-state index in [1.54, 1.807) is 12.3 Å². The Morgan fingerprint density at radius 3 is 2.59 bits per heavy atom. The summed E-state index contributed by atoms with van der Waals surface area (Å²) in [6.45, 7) is 5.44. The van der Waals surface area contributed by atoms with E-state index >= 15 is 0 Å². The largest absolute Gasteiger partial charge is 0.372 e. The van der Waals surface area contributed by atoms with E-state index in [4.69, 9.17) is 14.7 Å². The van der Waals surface area contributed by atoms with Crippen molar-refractivity contribution in [3.8, 4) is 11.4 Å². The molecule has 0 bridgehead atoms. The van der Waals surface area contributed by atoms with E-state index in [1.807, 2.05) is 44.2 Å². The molecule has 2 saturated heterocycles. The van der Waals surface area contributed by atoms with E-state index in [0.29, 0.717) is 36.2 Å². The van der Waals surface area contributed by atoms with Gasteiger partial charge in [-0.2, -0.15) is 13.1 Å². The maximum absolute atomic E-state index is 13.1. The Balaban J connectivity index is 1.29. The van der Waals surface area contributed by atoms with Crippen molar-refractivity contribution in [1.82, 2.24) is 24.6 Å². The number of fused-ring (bicyclic) bond motifs is 1. The molecule has 3 atom stereocenters. The minimum absolute atomic E-state index is 0.0156. The van der Waals surface area contributed by atoms with Gasteiger partial charge in [0, 0.05) is 43.8 Å². The summed E-state index contributed by atoms with van der Waals surface area (Å²) >= 11 is 0. The van der Waals surface area contributed by atoms with E-state index in [2.05, 4.69) is 15.2 Å². The second-order valence-electron chi connectivity index (χ2n) is 10.7. The summed E-state index contributed by atoms with van der Waals surface area (Å²) in [4.78, 5) is 29.1. The van der Waals surface area contributed by atoms with E-state index in [9.17, 15) is 22.0 Å². The summed E-state index contributed by atoms with van der Waals surface area (Å²) in [5.41, 5.74) is 2.56. The molecule has 5 rings (SSSR count). The summed E-state index contributed by atoms with van der Waals surface area (Å²) in [6, 6.07) is 10.8. The third-order valence-electron chi connectivity index (χ3n) is 7.30. The van der Waals surface area contributed by atoms with Crippen molar-refractivity contribution in [1.29, 1.82) is 0 Å². The van der Waals surface area contributed by atoms with E-state index < -0.39 is 21.8 Å². The molecule has 41 heavy (non-hydrogen) atoms. The summed E-state index contributed by atoms with van der Waals surface area (Å²) < 4.78 is 56.7. The van der Waals surface area contributed by atoms with Crippen LogP contribution in [0.3, 0.4) is 0 Å². The number of halogens is 2. The molecule has 5 heterocycles. The number of hydrogen-bond donors (Lipinski definition) is 1. The van der Waals surface area contributed by atoms with Crippen molar-refractivity contribution in [2.45, 2.75) is 63.5 Å². The molecule has 2 aliphatic rings. The Kier molecular flexibility index (Phi) is 8.76. The zero-order valence-corrected chi connectivity index (χ0v) is 23.9. The van der Waals surface area contributed by atoms with Gasteiger partial charge in [0.25, 0.3) is 10.0 Å². The third-order valence-corrected chi connectivity index (χ3v) is 8.80. The van der Waals surface area contributed by atoms with Crippen molar-refractivity contribution < 1.29 is 26.7 Å². The van der Waals surface area contributed by atoms with E-state index in [1.165, 1.54) is 0 Å². The monoisotopic (exact) mass is 588 g/mol. The van der Waals surface area contributed by atoms with E-state index in [0.717, 1.165) is 34.3 Å². The molecular weight excluding hydrogens is 554 g/mol. The van der Waals surface area contributed by atoms with Gasteiger partial charge in [-0.25, -0.2) is 18.4 Å². The molecule has 10 nitrogen and oxygen atoms in total. The number of alkyl halides is 2. The predicted molar refractivity (Wildman–Crippen MR) is 151 cm³/mol. The first kappa shape index (κ1) is 29.2. The fraction of sp³-hybridized carbons (Fsp3) is 0.500. The maximum Gasteiger partial charge on any atom is 0.350 e. The van der Waals surface area contributed by atoms with Gasteiger partial charge in [0.05, 0.1) is 41.2 Å². The lowest BCUT2D eigenvalue weighted by molar-refractivity contribution is -0.121. The molecule has 0 aliphatic carbocycles. The number of aromatic nitrogens is 3. The van der Waals surface area contributed by atoms with Gasteiger partial charge in [-0.1, -0.05) is 12.5 Å². The Bertz CT molecular complexity index is 1500. The van der Waals surface area contributed by atoms with Crippen LogP contribution in [0.25, 0.3) is 22.3 Å². The first-order valence-corrected chi connectivity index (χ1v) is 15.3. The standard InChI is InChI=1S/C28H34F2N6O4S/c1-18-15-35(16-19(2)40-18)26-8-5-7-23(34-26)24-10-9-20-14-31-22(12-25(20)33-24)13-27(37)32-21-6-3-4-11-36(17-21)41(38,39)28(29)30/h5,7-10,12,14,18-19,21,28H,3-4,6,11,13,15-17H2,1-2H3,(H,32,37)/t18-,19+,21-/m0/s1. The zero-order chi connectivity index (χ0) is 29.1. The van der Waals surface area contributed by atoms with Crippen LogP contribution in [-0.2, 0) is 26.0 Å². The number of hydrogen-bond acceptors (Lipinski definition) is 8. The van der Waals surface area contributed by atoms with Crippen molar-refractivity contribution >= 4 is 32.7 Å². The van der Waals surface area contributed by atoms with Gasteiger partial charge in [0.1, 0.15) is 5.82 Å². The highest BCUT2D eigenvalue weighted by Crippen LogP contribution is 2.24. The lowest BCUT2D eigenvalue weighted by atomic mass is 10.1. The van der Waals surface area contributed by atoms with Gasteiger partial charge in [-0.3, -0.25) is 9.78 Å². The van der Waals surface area contributed by atoms with Crippen LogP contribution >= 0.6 is 0 Å². The van der Waals surface area contributed by atoms with Crippen molar-refractivity contribution in [2.24, 2.45) is 0 Å². The molecule has 13 heteroatoms. The number of morpholine rings is 1. The highest BCUT2D eigenvalue weighted by molar-refractivity contribution is 7.89. The molecule has 0 aromatic carbocycles. The molecule has 2 fully saturated rings. The highest BCUT2D eigenvalue weighted by Gasteiger charge is 2.35. The first-order valence-electron chi connectivity index (χ1n) is 13.8. The van der Waals surface area contributed by atoms with Crippen LogP contribution in [0.1, 0.15) is 38.8 Å². The quantitative estimate of drug-likeness (QED) is 0.447. The first-order chi connectivity index (χ1) is 19.6. The van der Waals surface area contributed by atoms with E-state index in [-0.39, 0.29) is 37.6 Å². The average molecular weight is 589 g/mol. The van der Waals surface area contributed by atoms with Gasteiger partial charge in [0.15, 0.2) is 0 Å². The molecule has 1 N–H and O–H groups in total. The topological polar surface area (TPSA) is 118 Å². The van der Waals surface area contributed by atoms with Gasteiger partial charge >= 0.3 is 5.76 Å². The van der Waals surface area contributed by atoms with Gasteiger partial charge < -0.3 is 15.0 Å². The summed E-state index contributed by atoms with van der Waals surface area (Å²) in [5.74, 6) is -2.99. The molecule has 0 radical (unpaired) electrons. The molecule has 0 saturated carbocycles. The molecular formula is C28H34F2N6O4S. The minimum Gasteiger partial charge on any atom is -0.372 e. The average Bonchev–Trinajstić information content (AvgIpc) is 3.18. The normalized spacial score (nSPS) is 22.6. The number of carbonyl (C=O) groups is 1. The molecule has 0 spiro atoms. The third kappa shape index (κ3) is 6.96. The number of nitrogens with one attached hydrogen (secondary N) is 1. The molecule has 2 aliphatic heterocycles. The van der Waals surface area contributed by atoms with Crippen LogP contribution in [0, 0.1) is 0 Å². The van der Waals surface area contributed by atoms with Crippen molar-refractivity contribution in [3.63, 3.8) is 0 Å². The lowest BCUT2D eigenvalue weighted by Gasteiger charge is -2.36. The molecule has 3 aromatic rings. The van der Waals surface area contributed by atoms with Gasteiger partial charge in [-0.15, -0.1) is 0 Å². The number of sulfonamides is 1. The Labute approximate surface area is 238 Å². The molecule has 220 valence electrons. The smallest absolute Gasteiger partial charge is 0.350 e. The maximum atomic E-state index is 13.1. The number of nitrogens with zero attached hydrogens (tertiary/aromatic N) is 5. The number of anilines is 1. The van der Waals surface area contributed by atoms with Crippen molar-refractivity contribution in [3.05, 3.63) is 48.3 Å². The fourth-order valence-corrected chi connectivity index (χ4v) is 6.41. The molecule has 3 aromatic heterocycles. The number of carbonyl (C=O) groups excluding carboxylic acids is 1. The van der Waals surface area contributed by atoms with Crippen LogP contribution in [0.4, 0.5) is 14.6 Å². The summed E-state index contributed by atoms with van der Waals surface area (Å²) in [6.07, 6.45) is 3.40. The Morgan fingerprint density at radius 2 is 1.83 bits per heavy atom. The van der Waals surface area contributed by atoms with Crippen LogP contribution in [0.2, 0.25) is 0 Å². The van der Waals surface area contributed by atoms with Crippen LogP contribution in [0.15, 0.2) is 42.6 Å². The van der Waals surface area contributed by atoms with Crippen molar-refractivity contribution in [2.75, 3.05) is 31.1 Å². The number of amides is 1. The number of pyridine rings is 3. The second-order valence-corrected chi connectivity index (χ2v) is 12.6. The Hall–Kier alpha value is -3.29. The summed E-state index contributed by atoms with van der Waals surface area (Å²) in [7, 11) is -4.70. The summed E-state index contributed by atoms with van der Waals surface area (Å²) in [5, 5.41) is 3.61. The number of ether oxygens (including phenoxy) is 1. The lowest BCUT2D eigenvalue weighted by Crippen LogP contribution is -2.46. The second kappa shape index (κ2) is 12.3. The predicted octanol–water partition coefficient (Wildman–Crippen LogP) is 3.37. The van der Waals surface area contributed by atoms with Crippen LogP contribution < -0.4 is 10.2 Å². The zero-order valence-electron chi connectivity index (χ0n) is 23.0. The fourth-order valence-electron chi connectivity index (χ4n) is 5.42. The Morgan fingerprint density at radius 1 is 1.07 bits per heavy atom. The SMILES string of the molecule is C[C@@H]1CN(c2cccc(-c3ccc4cnc(CC(=O)N[C@H]5CCCCN(S(=O)(=O)C(F)F)C5)cc4n3)n2)C[C@H](C)O1. The van der Waals surface area contributed by atoms with Crippen LogP contribution in [-0.4, -0.2) is 83.8 Å². The highest BCUT2D eigenvalue weighted by atomic mass is 32.2. The van der Waals surface area contributed by atoms with Gasteiger partial charge in [0.2, 0.25) is 5.91 Å². The minimum atomic E-state index is -4.70. The van der Waals surface area contributed by atoms with Crippen LogP contribution in [0.5, 0.6) is 0 Å². The van der Waals surface area contributed by atoms with Gasteiger partial charge in [-0.05, 0) is 57.0 Å². The number of rotatable bonds is 7. The molecule has 1 amide bonds. The molecule has 0 unspecified atom stereocenters.